The Hall–Kier alpha value is -1.63. The highest BCUT2D eigenvalue weighted by molar-refractivity contribution is 5.60. The Morgan fingerprint density at radius 3 is 2.76 bits per heavy atom. The Labute approximate surface area is 99.6 Å². The Kier molecular flexibility index (Phi) is 4.45. The van der Waals surface area contributed by atoms with Crippen LogP contribution in [0.5, 0.6) is 0 Å². The zero-order valence-corrected chi connectivity index (χ0v) is 10.3. The molecule has 0 aliphatic rings. The van der Waals surface area contributed by atoms with Crippen molar-refractivity contribution in [3.05, 3.63) is 15.8 Å². The fourth-order valence-electron chi connectivity index (χ4n) is 1.59. The summed E-state index contributed by atoms with van der Waals surface area (Å²) in [5.74, 6) is 0.371. The van der Waals surface area contributed by atoms with Crippen LogP contribution in [0.15, 0.2) is 0 Å². The summed E-state index contributed by atoms with van der Waals surface area (Å²) in [5.41, 5.74) is 0.370. The highest BCUT2D eigenvalue weighted by Crippen LogP contribution is 2.28. The molecule has 0 aromatic carbocycles. The van der Waals surface area contributed by atoms with E-state index in [-0.39, 0.29) is 18.3 Å². The van der Waals surface area contributed by atoms with Gasteiger partial charge in [0.25, 0.3) is 0 Å². The largest absolute Gasteiger partial charge is 0.394 e. The second kappa shape index (κ2) is 5.62. The van der Waals surface area contributed by atoms with E-state index in [1.54, 1.807) is 18.5 Å². The number of nitro groups is 1. The average Bonchev–Trinajstić information content (AvgIpc) is 2.55. The molecule has 0 saturated heterocycles. The standard InChI is InChI=1S/C10H18N4O3/c1-4-5-13-10(11-7(2)6-15)9(14(16)17)8(3)12-13/h7,11,15H,4-6H2,1-3H3. The molecular weight excluding hydrogens is 224 g/mol. The van der Waals surface area contributed by atoms with E-state index < -0.39 is 4.92 Å². The average molecular weight is 242 g/mol. The number of hydrogen-bond donors (Lipinski definition) is 2. The van der Waals surface area contributed by atoms with Crippen molar-refractivity contribution in [3.8, 4) is 0 Å². The highest BCUT2D eigenvalue weighted by Gasteiger charge is 2.25. The minimum atomic E-state index is -0.444. The van der Waals surface area contributed by atoms with Crippen molar-refractivity contribution in [1.82, 2.24) is 9.78 Å². The zero-order chi connectivity index (χ0) is 13.0. The molecule has 17 heavy (non-hydrogen) atoms. The van der Waals surface area contributed by atoms with Crippen LogP contribution in [0.25, 0.3) is 0 Å². The lowest BCUT2D eigenvalue weighted by atomic mass is 10.3. The summed E-state index contributed by atoms with van der Waals surface area (Å²) in [6.45, 7) is 5.85. The molecule has 0 fully saturated rings. The van der Waals surface area contributed by atoms with Crippen LogP contribution < -0.4 is 5.32 Å². The molecule has 7 nitrogen and oxygen atoms in total. The minimum absolute atomic E-state index is 0.0150. The van der Waals surface area contributed by atoms with E-state index >= 15 is 0 Å². The fraction of sp³-hybridized carbons (Fsp3) is 0.700. The monoisotopic (exact) mass is 242 g/mol. The number of anilines is 1. The van der Waals surface area contributed by atoms with Crippen molar-refractivity contribution in [1.29, 1.82) is 0 Å². The lowest BCUT2D eigenvalue weighted by Gasteiger charge is -2.12. The topological polar surface area (TPSA) is 93.2 Å². The first kappa shape index (κ1) is 13.4. The van der Waals surface area contributed by atoms with Gasteiger partial charge in [0.2, 0.25) is 5.82 Å². The quantitative estimate of drug-likeness (QED) is 0.579. The van der Waals surface area contributed by atoms with Gasteiger partial charge in [0.1, 0.15) is 5.69 Å². The summed E-state index contributed by atoms with van der Waals surface area (Å²) in [7, 11) is 0. The Morgan fingerprint density at radius 1 is 1.65 bits per heavy atom. The van der Waals surface area contributed by atoms with Gasteiger partial charge in [-0.1, -0.05) is 6.92 Å². The van der Waals surface area contributed by atoms with E-state index in [4.69, 9.17) is 5.11 Å². The first-order valence-corrected chi connectivity index (χ1v) is 5.60. The van der Waals surface area contributed by atoms with Crippen LogP contribution >= 0.6 is 0 Å². The van der Waals surface area contributed by atoms with Gasteiger partial charge in [0, 0.05) is 12.6 Å². The van der Waals surface area contributed by atoms with E-state index in [0.717, 1.165) is 6.42 Å². The highest BCUT2D eigenvalue weighted by atomic mass is 16.6. The van der Waals surface area contributed by atoms with Gasteiger partial charge in [-0.25, -0.2) is 4.68 Å². The number of hydrogen-bond acceptors (Lipinski definition) is 5. The molecule has 0 aliphatic heterocycles. The Bertz CT molecular complexity index is 403. The lowest BCUT2D eigenvalue weighted by Crippen LogP contribution is -2.22. The van der Waals surface area contributed by atoms with Gasteiger partial charge in [0.05, 0.1) is 11.5 Å². The van der Waals surface area contributed by atoms with Crippen LogP contribution in [0.3, 0.4) is 0 Å². The summed E-state index contributed by atoms with van der Waals surface area (Å²) in [5, 5.41) is 27.0. The molecule has 1 unspecified atom stereocenters. The molecule has 1 aromatic heterocycles. The normalized spacial score (nSPS) is 12.5. The molecule has 0 bridgehead atoms. The van der Waals surface area contributed by atoms with Crippen LogP contribution in [0.2, 0.25) is 0 Å². The van der Waals surface area contributed by atoms with Crippen LogP contribution in [-0.2, 0) is 6.54 Å². The molecule has 7 heteroatoms. The molecule has 0 saturated carbocycles. The molecule has 0 spiro atoms. The summed E-state index contributed by atoms with van der Waals surface area (Å²) in [6, 6.07) is -0.250. The number of aliphatic hydroxyl groups excluding tert-OH is 1. The van der Waals surface area contributed by atoms with E-state index in [1.807, 2.05) is 6.92 Å². The van der Waals surface area contributed by atoms with Gasteiger partial charge in [-0.15, -0.1) is 0 Å². The molecule has 1 aromatic rings. The maximum atomic E-state index is 11.0. The van der Waals surface area contributed by atoms with Crippen molar-refractivity contribution in [2.75, 3.05) is 11.9 Å². The molecule has 1 heterocycles. The summed E-state index contributed by atoms with van der Waals surface area (Å²) >= 11 is 0. The SMILES string of the molecule is CCCn1nc(C)c([N+](=O)[O-])c1NC(C)CO. The minimum Gasteiger partial charge on any atom is -0.394 e. The van der Waals surface area contributed by atoms with E-state index in [2.05, 4.69) is 10.4 Å². The van der Waals surface area contributed by atoms with Gasteiger partial charge in [-0.05, 0) is 20.3 Å². The molecule has 1 atom stereocenters. The molecule has 1 rings (SSSR count). The third kappa shape index (κ3) is 2.94. The first-order chi connectivity index (χ1) is 8.01. The molecule has 96 valence electrons. The first-order valence-electron chi connectivity index (χ1n) is 5.60. The van der Waals surface area contributed by atoms with Crippen molar-refractivity contribution >= 4 is 11.5 Å². The predicted molar refractivity (Wildman–Crippen MR) is 64.1 cm³/mol. The fourth-order valence-corrected chi connectivity index (χ4v) is 1.59. The Balaban J connectivity index is 3.15. The molecule has 0 amide bonds. The van der Waals surface area contributed by atoms with Crippen molar-refractivity contribution in [2.45, 2.75) is 39.8 Å². The molecule has 0 aliphatic carbocycles. The Morgan fingerprint density at radius 2 is 2.29 bits per heavy atom. The number of aryl methyl sites for hydroxylation is 2. The summed E-state index contributed by atoms with van der Waals surface area (Å²) < 4.78 is 1.58. The van der Waals surface area contributed by atoms with E-state index in [9.17, 15) is 10.1 Å². The van der Waals surface area contributed by atoms with Gasteiger partial charge in [0.15, 0.2) is 0 Å². The van der Waals surface area contributed by atoms with Crippen LogP contribution in [0.1, 0.15) is 26.0 Å². The van der Waals surface area contributed by atoms with Crippen LogP contribution in [0, 0.1) is 17.0 Å². The summed E-state index contributed by atoms with van der Waals surface area (Å²) in [4.78, 5) is 10.5. The second-order valence-corrected chi connectivity index (χ2v) is 3.99. The van der Waals surface area contributed by atoms with Crippen LogP contribution in [-0.4, -0.2) is 32.5 Å². The maximum Gasteiger partial charge on any atom is 0.333 e. The van der Waals surface area contributed by atoms with Crippen LogP contribution in [0.4, 0.5) is 11.5 Å². The third-order valence-corrected chi connectivity index (χ3v) is 2.37. The van der Waals surface area contributed by atoms with E-state index in [1.165, 1.54) is 0 Å². The predicted octanol–water partition coefficient (Wildman–Crippen LogP) is 1.30. The number of aliphatic hydroxyl groups is 1. The van der Waals surface area contributed by atoms with Gasteiger partial charge in [-0.3, -0.25) is 10.1 Å². The van der Waals surface area contributed by atoms with Gasteiger partial charge < -0.3 is 10.4 Å². The maximum absolute atomic E-state index is 11.0. The molecule has 0 radical (unpaired) electrons. The van der Waals surface area contributed by atoms with E-state index in [0.29, 0.717) is 18.1 Å². The number of nitrogens with one attached hydrogen (secondary N) is 1. The smallest absolute Gasteiger partial charge is 0.333 e. The van der Waals surface area contributed by atoms with Gasteiger partial charge in [-0.2, -0.15) is 5.10 Å². The zero-order valence-electron chi connectivity index (χ0n) is 10.3. The number of aromatic nitrogens is 2. The second-order valence-electron chi connectivity index (χ2n) is 3.99. The number of nitrogens with zero attached hydrogens (tertiary/aromatic N) is 3. The molecule has 2 N–H and O–H groups in total. The third-order valence-electron chi connectivity index (χ3n) is 2.37. The van der Waals surface area contributed by atoms with Gasteiger partial charge >= 0.3 is 5.69 Å². The van der Waals surface area contributed by atoms with Crippen molar-refractivity contribution in [2.24, 2.45) is 0 Å². The molecular formula is C10H18N4O3. The van der Waals surface area contributed by atoms with Crippen molar-refractivity contribution < 1.29 is 10.0 Å². The number of rotatable bonds is 6. The van der Waals surface area contributed by atoms with Crippen molar-refractivity contribution in [3.63, 3.8) is 0 Å². The summed E-state index contributed by atoms with van der Waals surface area (Å²) in [6.07, 6.45) is 0.834. The lowest BCUT2D eigenvalue weighted by molar-refractivity contribution is -0.384.